The zero-order valence-corrected chi connectivity index (χ0v) is 10.0. The predicted octanol–water partition coefficient (Wildman–Crippen LogP) is 2.86. The van der Waals surface area contributed by atoms with Crippen molar-refractivity contribution in [1.82, 2.24) is 4.98 Å². The molecule has 0 aliphatic heterocycles. The van der Waals surface area contributed by atoms with Crippen LogP contribution in [0.25, 0.3) is 0 Å². The third-order valence-electron chi connectivity index (χ3n) is 2.54. The van der Waals surface area contributed by atoms with Gasteiger partial charge in [0.2, 0.25) is 0 Å². The number of aromatic nitrogens is 1. The van der Waals surface area contributed by atoms with Crippen LogP contribution in [-0.2, 0) is 0 Å². The number of halogens is 1. The molecule has 4 heteroatoms. The smallest absolute Gasteiger partial charge is 0.196 e. The lowest BCUT2D eigenvalue weighted by atomic mass is 10.00. The molecule has 17 heavy (non-hydrogen) atoms. The number of carbonyl (C=O) groups is 1. The Labute approximate surface area is 104 Å². The minimum atomic E-state index is -0.134. The van der Waals surface area contributed by atoms with E-state index in [1.165, 1.54) is 0 Å². The highest BCUT2D eigenvalue weighted by molar-refractivity contribution is 6.31. The topological polar surface area (TPSA) is 56.0 Å². The summed E-state index contributed by atoms with van der Waals surface area (Å²) in [7, 11) is 0. The molecule has 1 aromatic carbocycles. The van der Waals surface area contributed by atoms with Crippen LogP contribution in [0.3, 0.4) is 0 Å². The standard InChI is InChI=1S/C13H11ClN2O/c1-8-4-5-16-7-11(8)13(17)10-3-2-9(14)6-12(10)15/h2-7H,15H2,1H3. The molecule has 0 aliphatic carbocycles. The maximum absolute atomic E-state index is 12.2. The number of nitrogens with zero attached hydrogens (tertiary/aromatic N) is 1. The molecule has 0 saturated heterocycles. The summed E-state index contributed by atoms with van der Waals surface area (Å²) in [4.78, 5) is 16.2. The third kappa shape index (κ3) is 2.29. The maximum Gasteiger partial charge on any atom is 0.196 e. The second-order valence-corrected chi connectivity index (χ2v) is 4.19. The van der Waals surface area contributed by atoms with E-state index >= 15 is 0 Å². The molecule has 0 bridgehead atoms. The molecule has 1 aromatic heterocycles. The fourth-order valence-corrected chi connectivity index (χ4v) is 1.77. The van der Waals surface area contributed by atoms with Gasteiger partial charge >= 0.3 is 0 Å². The number of aryl methyl sites for hydroxylation is 1. The molecule has 2 N–H and O–H groups in total. The third-order valence-corrected chi connectivity index (χ3v) is 2.78. The highest BCUT2D eigenvalue weighted by atomic mass is 35.5. The minimum Gasteiger partial charge on any atom is -0.398 e. The summed E-state index contributed by atoms with van der Waals surface area (Å²) in [5, 5.41) is 0.516. The number of benzene rings is 1. The predicted molar refractivity (Wildman–Crippen MR) is 68.3 cm³/mol. The van der Waals surface area contributed by atoms with Crippen molar-refractivity contribution in [1.29, 1.82) is 0 Å². The zero-order chi connectivity index (χ0) is 12.4. The first-order valence-corrected chi connectivity index (χ1v) is 5.47. The van der Waals surface area contributed by atoms with Crippen molar-refractivity contribution in [2.24, 2.45) is 0 Å². The monoisotopic (exact) mass is 246 g/mol. The van der Waals surface area contributed by atoms with Gasteiger partial charge in [0.15, 0.2) is 5.78 Å². The van der Waals surface area contributed by atoms with Crippen LogP contribution in [0.4, 0.5) is 5.69 Å². The van der Waals surface area contributed by atoms with Crippen LogP contribution in [0.2, 0.25) is 5.02 Å². The van der Waals surface area contributed by atoms with Crippen LogP contribution < -0.4 is 5.73 Å². The van der Waals surface area contributed by atoms with E-state index < -0.39 is 0 Å². The fraction of sp³-hybridized carbons (Fsp3) is 0.0769. The molecule has 0 saturated carbocycles. The van der Waals surface area contributed by atoms with E-state index in [1.54, 1.807) is 36.7 Å². The maximum atomic E-state index is 12.2. The van der Waals surface area contributed by atoms with E-state index in [2.05, 4.69) is 4.98 Å². The number of anilines is 1. The normalized spacial score (nSPS) is 10.2. The van der Waals surface area contributed by atoms with Gasteiger partial charge < -0.3 is 5.73 Å². The van der Waals surface area contributed by atoms with Gasteiger partial charge in [-0.1, -0.05) is 11.6 Å². The van der Waals surface area contributed by atoms with Crippen molar-refractivity contribution in [3.63, 3.8) is 0 Å². The van der Waals surface area contributed by atoms with Crippen LogP contribution in [-0.4, -0.2) is 10.8 Å². The van der Waals surface area contributed by atoms with E-state index in [9.17, 15) is 4.79 Å². The first kappa shape index (κ1) is 11.6. The number of ketones is 1. The zero-order valence-electron chi connectivity index (χ0n) is 9.27. The average Bonchev–Trinajstić information content (AvgIpc) is 2.29. The number of carbonyl (C=O) groups excluding carboxylic acids is 1. The highest BCUT2D eigenvalue weighted by Gasteiger charge is 2.14. The molecule has 86 valence electrons. The van der Waals surface area contributed by atoms with Crippen molar-refractivity contribution in [3.05, 3.63) is 58.4 Å². The molecule has 0 unspecified atom stereocenters. The lowest BCUT2D eigenvalue weighted by molar-refractivity contribution is 0.103. The molecular weight excluding hydrogens is 236 g/mol. The minimum absolute atomic E-state index is 0.134. The Morgan fingerprint density at radius 3 is 2.71 bits per heavy atom. The molecule has 0 fully saturated rings. The Hall–Kier alpha value is -1.87. The average molecular weight is 247 g/mol. The van der Waals surface area contributed by atoms with E-state index in [-0.39, 0.29) is 5.78 Å². The van der Waals surface area contributed by atoms with Gasteiger partial charge in [0, 0.05) is 34.2 Å². The molecule has 2 aromatic rings. The van der Waals surface area contributed by atoms with E-state index in [0.29, 0.717) is 21.8 Å². The van der Waals surface area contributed by atoms with Gasteiger partial charge in [-0.2, -0.15) is 0 Å². The molecular formula is C13H11ClN2O. The van der Waals surface area contributed by atoms with Crippen molar-refractivity contribution in [3.8, 4) is 0 Å². The van der Waals surface area contributed by atoms with Gasteiger partial charge in [-0.3, -0.25) is 9.78 Å². The fourth-order valence-electron chi connectivity index (χ4n) is 1.59. The number of hydrogen-bond donors (Lipinski definition) is 1. The summed E-state index contributed by atoms with van der Waals surface area (Å²) in [5.41, 5.74) is 8.05. The van der Waals surface area contributed by atoms with Crippen molar-refractivity contribution in [2.75, 3.05) is 5.73 Å². The number of nitrogen functional groups attached to an aromatic ring is 1. The molecule has 0 radical (unpaired) electrons. The SMILES string of the molecule is Cc1ccncc1C(=O)c1ccc(Cl)cc1N. The van der Waals surface area contributed by atoms with E-state index in [0.717, 1.165) is 5.56 Å². The van der Waals surface area contributed by atoms with Crippen LogP contribution >= 0.6 is 11.6 Å². The summed E-state index contributed by atoms with van der Waals surface area (Å²) in [5.74, 6) is -0.134. The second kappa shape index (κ2) is 4.55. The Kier molecular flexibility index (Phi) is 3.11. The van der Waals surface area contributed by atoms with E-state index in [1.807, 2.05) is 6.92 Å². The second-order valence-electron chi connectivity index (χ2n) is 3.75. The van der Waals surface area contributed by atoms with Crippen LogP contribution in [0.5, 0.6) is 0 Å². The van der Waals surface area contributed by atoms with Crippen LogP contribution in [0.15, 0.2) is 36.7 Å². The number of hydrogen-bond acceptors (Lipinski definition) is 3. The lowest BCUT2D eigenvalue weighted by Gasteiger charge is -2.07. The summed E-state index contributed by atoms with van der Waals surface area (Å²) >= 11 is 5.80. The molecule has 0 aliphatic rings. The summed E-state index contributed by atoms with van der Waals surface area (Å²) in [6.07, 6.45) is 3.20. The van der Waals surface area contributed by atoms with Gasteiger partial charge in [0.25, 0.3) is 0 Å². The molecule has 0 atom stereocenters. The van der Waals surface area contributed by atoms with Gasteiger partial charge in [0.05, 0.1) is 0 Å². The Morgan fingerprint density at radius 1 is 1.29 bits per heavy atom. The highest BCUT2D eigenvalue weighted by Crippen LogP contribution is 2.21. The molecule has 3 nitrogen and oxygen atoms in total. The largest absolute Gasteiger partial charge is 0.398 e. The van der Waals surface area contributed by atoms with Gasteiger partial charge in [0.1, 0.15) is 0 Å². The number of nitrogens with two attached hydrogens (primary N) is 1. The molecule has 2 rings (SSSR count). The van der Waals surface area contributed by atoms with E-state index in [4.69, 9.17) is 17.3 Å². The number of rotatable bonds is 2. The van der Waals surface area contributed by atoms with Crippen molar-refractivity contribution in [2.45, 2.75) is 6.92 Å². The quantitative estimate of drug-likeness (QED) is 0.655. The van der Waals surface area contributed by atoms with Gasteiger partial charge in [-0.15, -0.1) is 0 Å². The number of pyridine rings is 1. The van der Waals surface area contributed by atoms with Crippen LogP contribution in [0.1, 0.15) is 21.5 Å². The summed E-state index contributed by atoms with van der Waals surface area (Å²) in [6, 6.07) is 6.64. The molecule has 0 amide bonds. The Balaban J connectivity index is 2.48. The van der Waals surface area contributed by atoms with Gasteiger partial charge in [-0.25, -0.2) is 0 Å². The Bertz CT molecular complexity index is 581. The summed E-state index contributed by atoms with van der Waals surface area (Å²) in [6.45, 7) is 1.86. The van der Waals surface area contributed by atoms with Crippen LogP contribution in [0, 0.1) is 6.92 Å². The van der Waals surface area contributed by atoms with Crippen molar-refractivity contribution < 1.29 is 4.79 Å². The molecule has 1 heterocycles. The van der Waals surface area contributed by atoms with Crippen molar-refractivity contribution >= 4 is 23.1 Å². The molecule has 0 spiro atoms. The first-order valence-electron chi connectivity index (χ1n) is 5.10. The summed E-state index contributed by atoms with van der Waals surface area (Å²) < 4.78 is 0. The Morgan fingerprint density at radius 2 is 2.06 bits per heavy atom. The lowest BCUT2D eigenvalue weighted by Crippen LogP contribution is -2.07. The van der Waals surface area contributed by atoms with Gasteiger partial charge in [-0.05, 0) is 36.8 Å². The first-order chi connectivity index (χ1) is 8.09.